The molecule has 2 aromatic heterocycles. The van der Waals surface area contributed by atoms with E-state index >= 15 is 0 Å². The highest BCUT2D eigenvalue weighted by atomic mass is 32.2. The van der Waals surface area contributed by atoms with Gasteiger partial charge in [-0.15, -0.1) is 0 Å². The molecule has 1 aromatic carbocycles. The third kappa shape index (κ3) is 3.39. The molecule has 3 aromatic rings. The summed E-state index contributed by atoms with van der Waals surface area (Å²) in [6.07, 6.45) is 2.21. The van der Waals surface area contributed by atoms with E-state index in [4.69, 9.17) is 5.73 Å². The van der Waals surface area contributed by atoms with Gasteiger partial charge in [0.2, 0.25) is 0 Å². The Morgan fingerprint density at radius 3 is 2.78 bits per heavy atom. The first kappa shape index (κ1) is 15.6. The van der Waals surface area contributed by atoms with Gasteiger partial charge in [-0.3, -0.25) is 4.57 Å². The number of aromatic amines is 1. The Balaban J connectivity index is 2.00. The Morgan fingerprint density at radius 1 is 1.26 bits per heavy atom. The van der Waals surface area contributed by atoms with E-state index in [0.29, 0.717) is 28.7 Å². The first-order valence-corrected chi connectivity index (χ1v) is 8.60. The number of nitrogens with zero attached hydrogens (tertiary/aromatic N) is 3. The highest BCUT2D eigenvalue weighted by Gasteiger charge is 2.14. The van der Waals surface area contributed by atoms with Crippen molar-refractivity contribution >= 4 is 28.7 Å². The Labute approximate surface area is 138 Å². The van der Waals surface area contributed by atoms with Crippen LogP contribution in [0, 0.1) is 0 Å². The number of benzene rings is 1. The molecule has 0 bridgehead atoms. The number of hydrogen-bond donors (Lipinski definition) is 2. The van der Waals surface area contributed by atoms with Crippen molar-refractivity contribution in [3.8, 4) is 0 Å². The molecular formula is C16H19N5OS. The summed E-state index contributed by atoms with van der Waals surface area (Å²) in [4.78, 5) is 23.8. The van der Waals surface area contributed by atoms with Crippen LogP contribution in [0.5, 0.6) is 0 Å². The lowest BCUT2D eigenvalue weighted by atomic mass is 10.2. The molecule has 0 aliphatic heterocycles. The fourth-order valence-corrected chi connectivity index (χ4v) is 3.25. The normalized spacial score (nSPS) is 11.2. The fourth-order valence-electron chi connectivity index (χ4n) is 2.32. The van der Waals surface area contributed by atoms with Crippen LogP contribution in [0.4, 0.5) is 5.82 Å². The summed E-state index contributed by atoms with van der Waals surface area (Å²) in [5.41, 5.74) is 7.87. The molecule has 3 rings (SSSR count). The maximum Gasteiger partial charge on any atom is 0.328 e. The largest absolute Gasteiger partial charge is 0.382 e. The van der Waals surface area contributed by atoms with Gasteiger partial charge in [0, 0.05) is 5.75 Å². The fraction of sp³-hybridized carbons (Fsp3) is 0.312. The molecule has 23 heavy (non-hydrogen) atoms. The number of nitrogens with two attached hydrogens (primary N) is 1. The van der Waals surface area contributed by atoms with E-state index in [9.17, 15) is 4.79 Å². The number of imidazole rings is 1. The van der Waals surface area contributed by atoms with Crippen molar-refractivity contribution in [3.05, 3.63) is 46.4 Å². The quantitative estimate of drug-likeness (QED) is 0.412. The predicted octanol–water partition coefficient (Wildman–Crippen LogP) is 2.64. The zero-order valence-corrected chi connectivity index (χ0v) is 13.8. The van der Waals surface area contributed by atoms with E-state index in [1.165, 1.54) is 0 Å². The van der Waals surface area contributed by atoms with Gasteiger partial charge >= 0.3 is 5.69 Å². The maximum absolute atomic E-state index is 12.2. The minimum Gasteiger partial charge on any atom is -0.382 e. The molecule has 3 N–H and O–H groups in total. The first-order chi connectivity index (χ1) is 11.2. The van der Waals surface area contributed by atoms with Gasteiger partial charge in [0.15, 0.2) is 16.6 Å². The van der Waals surface area contributed by atoms with Crippen LogP contribution in [0.1, 0.15) is 25.3 Å². The second-order valence-electron chi connectivity index (χ2n) is 5.29. The van der Waals surface area contributed by atoms with Gasteiger partial charge in [-0.25, -0.2) is 14.8 Å². The lowest BCUT2D eigenvalue weighted by Gasteiger charge is -2.05. The Hall–Kier alpha value is -2.28. The van der Waals surface area contributed by atoms with Crippen molar-refractivity contribution in [3.63, 3.8) is 0 Å². The molecule has 2 heterocycles. The number of rotatable bonds is 6. The van der Waals surface area contributed by atoms with Gasteiger partial charge in [-0.05, 0) is 12.0 Å². The number of H-pyrrole nitrogens is 1. The van der Waals surface area contributed by atoms with Crippen LogP contribution in [0.15, 0.2) is 40.3 Å². The Bertz CT molecular complexity index is 856. The molecule has 0 aliphatic carbocycles. The van der Waals surface area contributed by atoms with Crippen LogP contribution in [-0.2, 0) is 6.54 Å². The summed E-state index contributed by atoms with van der Waals surface area (Å²) in [6, 6.07) is 9.80. The number of nitrogen functional groups attached to an aromatic ring is 1. The van der Waals surface area contributed by atoms with Crippen molar-refractivity contribution in [1.82, 2.24) is 19.5 Å². The molecule has 0 unspecified atom stereocenters. The maximum atomic E-state index is 12.2. The lowest BCUT2D eigenvalue weighted by Crippen LogP contribution is -2.17. The van der Waals surface area contributed by atoms with Gasteiger partial charge in [0.05, 0.1) is 6.54 Å². The van der Waals surface area contributed by atoms with Crippen molar-refractivity contribution in [2.24, 2.45) is 0 Å². The van der Waals surface area contributed by atoms with Crippen LogP contribution in [0.3, 0.4) is 0 Å². The summed E-state index contributed by atoms with van der Waals surface area (Å²) in [5.74, 6) is 1.26. The highest BCUT2D eigenvalue weighted by molar-refractivity contribution is 7.99. The smallest absolute Gasteiger partial charge is 0.328 e. The van der Waals surface area contributed by atoms with E-state index < -0.39 is 0 Å². The number of thioether (sulfide) groups is 1. The summed E-state index contributed by atoms with van der Waals surface area (Å²) in [6.45, 7) is 2.60. The van der Waals surface area contributed by atoms with E-state index in [-0.39, 0.29) is 5.69 Å². The molecule has 0 amide bonds. The van der Waals surface area contributed by atoms with Crippen LogP contribution in [0.2, 0.25) is 0 Å². The zero-order valence-electron chi connectivity index (χ0n) is 13.0. The van der Waals surface area contributed by atoms with E-state index in [1.54, 1.807) is 16.3 Å². The molecule has 6 nitrogen and oxygen atoms in total. The number of aromatic nitrogens is 4. The van der Waals surface area contributed by atoms with Crippen molar-refractivity contribution in [1.29, 1.82) is 0 Å². The van der Waals surface area contributed by atoms with Gasteiger partial charge in [0.25, 0.3) is 0 Å². The van der Waals surface area contributed by atoms with Crippen LogP contribution < -0.4 is 11.4 Å². The van der Waals surface area contributed by atoms with Crippen molar-refractivity contribution in [2.45, 2.75) is 31.5 Å². The molecule has 0 radical (unpaired) electrons. The number of nitrogens with one attached hydrogen (secondary N) is 1. The number of unbranched alkanes of at least 4 members (excludes halogenated alkanes) is 1. The molecule has 120 valence electrons. The minimum absolute atomic E-state index is 0.222. The predicted molar refractivity (Wildman–Crippen MR) is 93.7 cm³/mol. The van der Waals surface area contributed by atoms with Crippen LogP contribution in [0.25, 0.3) is 11.2 Å². The monoisotopic (exact) mass is 329 g/mol. The van der Waals surface area contributed by atoms with E-state index in [1.807, 2.05) is 30.3 Å². The zero-order chi connectivity index (χ0) is 16.2. The van der Waals surface area contributed by atoms with E-state index in [2.05, 4.69) is 21.9 Å². The topological polar surface area (TPSA) is 89.6 Å². The van der Waals surface area contributed by atoms with E-state index in [0.717, 1.165) is 24.2 Å². The number of hydrogen-bond acceptors (Lipinski definition) is 5. The molecule has 0 atom stereocenters. The summed E-state index contributed by atoms with van der Waals surface area (Å²) >= 11 is 1.57. The number of anilines is 1. The Morgan fingerprint density at radius 2 is 2.04 bits per heavy atom. The van der Waals surface area contributed by atoms with Crippen molar-refractivity contribution in [2.75, 3.05) is 11.5 Å². The van der Waals surface area contributed by atoms with Gasteiger partial charge in [0.1, 0.15) is 5.52 Å². The third-order valence-corrected chi connectivity index (χ3v) is 4.48. The van der Waals surface area contributed by atoms with Gasteiger partial charge in [-0.2, -0.15) is 0 Å². The SMILES string of the molecule is CCCCSc1nc(N)c2[nH]c(=O)n(Cc3ccccc3)c2n1. The second kappa shape index (κ2) is 6.87. The standard InChI is InChI=1S/C16H19N5OS/c1-2-3-9-23-15-19-13(17)12-14(20-15)21(16(22)18-12)10-11-7-5-4-6-8-11/h4-8H,2-3,9-10H2,1H3,(H,18,22)(H2,17,19,20). The van der Waals surface area contributed by atoms with Gasteiger partial charge < -0.3 is 10.7 Å². The molecule has 0 aliphatic rings. The average molecular weight is 329 g/mol. The Kier molecular flexibility index (Phi) is 4.66. The van der Waals surface area contributed by atoms with Crippen LogP contribution >= 0.6 is 11.8 Å². The molecule has 0 saturated heterocycles. The highest BCUT2D eigenvalue weighted by Crippen LogP contribution is 2.21. The molecule has 0 saturated carbocycles. The molecule has 0 spiro atoms. The lowest BCUT2D eigenvalue weighted by molar-refractivity contribution is 0.771. The average Bonchev–Trinajstić information content (AvgIpc) is 2.86. The third-order valence-electron chi connectivity index (χ3n) is 3.54. The second-order valence-corrected chi connectivity index (χ2v) is 6.36. The minimum atomic E-state index is -0.222. The first-order valence-electron chi connectivity index (χ1n) is 7.61. The number of fused-ring (bicyclic) bond motifs is 1. The van der Waals surface area contributed by atoms with Crippen LogP contribution in [-0.4, -0.2) is 25.3 Å². The molecule has 7 heteroatoms. The molecular weight excluding hydrogens is 310 g/mol. The van der Waals surface area contributed by atoms with Gasteiger partial charge in [-0.1, -0.05) is 55.4 Å². The molecule has 0 fully saturated rings. The summed E-state index contributed by atoms with van der Waals surface area (Å²) in [7, 11) is 0. The summed E-state index contributed by atoms with van der Waals surface area (Å²) < 4.78 is 1.60. The summed E-state index contributed by atoms with van der Waals surface area (Å²) in [5, 5.41) is 0.615. The van der Waals surface area contributed by atoms with Crippen molar-refractivity contribution < 1.29 is 0 Å².